The standard InChI is InChI=1S/C22H22N2O4S/c1-26-16-6-4-15(5-7-16)14-19-20(28-18-10-8-17(27-2)9-11-18)23-22-24(21(19)25)12-3-13-29-22/h4-11H,3,12-14H2,1-2H3. The Morgan fingerprint density at radius 1 is 0.966 bits per heavy atom. The summed E-state index contributed by atoms with van der Waals surface area (Å²) >= 11 is 1.59. The van der Waals surface area contributed by atoms with E-state index >= 15 is 0 Å². The van der Waals surface area contributed by atoms with Gasteiger partial charge in [-0.3, -0.25) is 9.36 Å². The summed E-state index contributed by atoms with van der Waals surface area (Å²) in [5.41, 5.74) is 1.51. The van der Waals surface area contributed by atoms with Crippen LogP contribution in [0.1, 0.15) is 17.5 Å². The summed E-state index contributed by atoms with van der Waals surface area (Å²) in [6.07, 6.45) is 1.40. The van der Waals surface area contributed by atoms with E-state index in [-0.39, 0.29) is 5.56 Å². The molecule has 3 aromatic rings. The van der Waals surface area contributed by atoms with Crippen molar-refractivity contribution in [3.05, 3.63) is 70.0 Å². The number of thioether (sulfide) groups is 1. The maximum atomic E-state index is 13.2. The second kappa shape index (κ2) is 8.61. The van der Waals surface area contributed by atoms with E-state index in [9.17, 15) is 4.79 Å². The summed E-state index contributed by atoms with van der Waals surface area (Å²) in [5.74, 6) is 3.44. The van der Waals surface area contributed by atoms with Crippen LogP contribution in [0.25, 0.3) is 0 Å². The first kappa shape index (κ1) is 19.4. The molecule has 0 bridgehead atoms. The number of rotatable bonds is 6. The zero-order valence-electron chi connectivity index (χ0n) is 16.4. The van der Waals surface area contributed by atoms with Gasteiger partial charge in [-0.1, -0.05) is 23.9 Å². The van der Waals surface area contributed by atoms with E-state index in [1.807, 2.05) is 48.5 Å². The quantitative estimate of drug-likeness (QED) is 0.569. The summed E-state index contributed by atoms with van der Waals surface area (Å²) in [6.45, 7) is 0.687. The fraction of sp³-hybridized carbons (Fsp3) is 0.273. The first-order valence-corrected chi connectivity index (χ1v) is 10.4. The number of benzene rings is 2. The lowest BCUT2D eigenvalue weighted by molar-refractivity contribution is 0.409. The summed E-state index contributed by atoms with van der Waals surface area (Å²) in [7, 11) is 3.25. The third-order valence-electron chi connectivity index (χ3n) is 4.76. The van der Waals surface area contributed by atoms with Crippen LogP contribution < -0.4 is 19.8 Å². The van der Waals surface area contributed by atoms with Crippen molar-refractivity contribution in [2.75, 3.05) is 20.0 Å². The largest absolute Gasteiger partial charge is 0.497 e. The van der Waals surface area contributed by atoms with Crippen molar-refractivity contribution in [2.45, 2.75) is 24.5 Å². The zero-order chi connectivity index (χ0) is 20.2. The number of aromatic nitrogens is 2. The van der Waals surface area contributed by atoms with Gasteiger partial charge in [-0.25, -0.2) is 0 Å². The molecule has 0 radical (unpaired) electrons. The first-order valence-electron chi connectivity index (χ1n) is 9.39. The highest BCUT2D eigenvalue weighted by Crippen LogP contribution is 2.30. The third-order valence-corrected chi connectivity index (χ3v) is 5.82. The van der Waals surface area contributed by atoms with E-state index < -0.39 is 0 Å². The predicted octanol–water partition coefficient (Wildman–Crippen LogP) is 4.14. The average molecular weight is 410 g/mol. The molecule has 0 spiro atoms. The Labute approximate surface area is 173 Å². The Balaban J connectivity index is 1.72. The average Bonchev–Trinajstić information content (AvgIpc) is 2.77. The summed E-state index contributed by atoms with van der Waals surface area (Å²) in [6, 6.07) is 14.9. The molecule has 0 N–H and O–H groups in total. The van der Waals surface area contributed by atoms with Crippen LogP contribution in [0.3, 0.4) is 0 Å². The lowest BCUT2D eigenvalue weighted by Gasteiger charge is -2.20. The smallest absolute Gasteiger partial charge is 0.261 e. The van der Waals surface area contributed by atoms with E-state index in [1.165, 1.54) is 0 Å². The van der Waals surface area contributed by atoms with Crippen LogP contribution in [0.15, 0.2) is 58.5 Å². The maximum absolute atomic E-state index is 13.2. The van der Waals surface area contributed by atoms with Gasteiger partial charge in [-0.15, -0.1) is 0 Å². The number of ether oxygens (including phenoxy) is 3. The van der Waals surface area contributed by atoms with Crippen LogP contribution in [0.2, 0.25) is 0 Å². The molecule has 2 heterocycles. The van der Waals surface area contributed by atoms with Crippen molar-refractivity contribution >= 4 is 11.8 Å². The van der Waals surface area contributed by atoms with Crippen molar-refractivity contribution in [3.8, 4) is 23.1 Å². The van der Waals surface area contributed by atoms with Crippen molar-refractivity contribution in [3.63, 3.8) is 0 Å². The van der Waals surface area contributed by atoms with Gasteiger partial charge in [-0.05, 0) is 48.4 Å². The number of methoxy groups -OCH3 is 2. The van der Waals surface area contributed by atoms with Crippen LogP contribution in [0.5, 0.6) is 23.1 Å². The number of hydrogen-bond acceptors (Lipinski definition) is 6. The minimum Gasteiger partial charge on any atom is -0.497 e. The number of nitrogens with zero attached hydrogens (tertiary/aromatic N) is 2. The molecule has 0 fully saturated rings. The van der Waals surface area contributed by atoms with Gasteiger partial charge in [0.25, 0.3) is 5.56 Å². The second-order valence-electron chi connectivity index (χ2n) is 6.64. The molecule has 0 saturated heterocycles. The molecule has 29 heavy (non-hydrogen) atoms. The third kappa shape index (κ3) is 4.24. The van der Waals surface area contributed by atoms with Gasteiger partial charge in [0.15, 0.2) is 5.16 Å². The van der Waals surface area contributed by atoms with Crippen LogP contribution in [-0.4, -0.2) is 29.5 Å². The highest BCUT2D eigenvalue weighted by Gasteiger charge is 2.21. The molecular weight excluding hydrogens is 388 g/mol. The molecule has 0 saturated carbocycles. The van der Waals surface area contributed by atoms with Gasteiger partial charge in [0, 0.05) is 18.7 Å². The van der Waals surface area contributed by atoms with E-state index in [4.69, 9.17) is 14.2 Å². The van der Waals surface area contributed by atoms with E-state index in [0.29, 0.717) is 35.3 Å². The fourth-order valence-corrected chi connectivity index (χ4v) is 4.12. The summed E-state index contributed by atoms with van der Waals surface area (Å²) in [5, 5.41) is 0.711. The molecule has 0 amide bonds. The van der Waals surface area contributed by atoms with Crippen molar-refractivity contribution in [1.29, 1.82) is 0 Å². The Bertz CT molecular complexity index is 1050. The Hall–Kier alpha value is -2.93. The summed E-state index contributed by atoms with van der Waals surface area (Å²) < 4.78 is 18.2. The Kier molecular flexibility index (Phi) is 5.76. The molecule has 2 aromatic carbocycles. The van der Waals surface area contributed by atoms with E-state index in [2.05, 4.69) is 4.98 Å². The molecule has 0 atom stereocenters. The molecule has 1 aromatic heterocycles. The summed E-state index contributed by atoms with van der Waals surface area (Å²) in [4.78, 5) is 17.9. The molecule has 150 valence electrons. The van der Waals surface area contributed by atoms with Crippen LogP contribution in [0.4, 0.5) is 0 Å². The van der Waals surface area contributed by atoms with Crippen LogP contribution in [0, 0.1) is 0 Å². The molecule has 4 rings (SSSR count). The van der Waals surface area contributed by atoms with Crippen LogP contribution >= 0.6 is 11.8 Å². The van der Waals surface area contributed by atoms with Crippen molar-refractivity contribution in [2.24, 2.45) is 0 Å². The zero-order valence-corrected chi connectivity index (χ0v) is 17.2. The van der Waals surface area contributed by atoms with Gasteiger partial charge in [0.1, 0.15) is 17.2 Å². The normalized spacial score (nSPS) is 12.9. The monoisotopic (exact) mass is 410 g/mol. The minimum atomic E-state index is -0.0403. The predicted molar refractivity (Wildman–Crippen MR) is 113 cm³/mol. The fourth-order valence-electron chi connectivity index (χ4n) is 3.19. The van der Waals surface area contributed by atoms with Gasteiger partial charge in [0.2, 0.25) is 5.88 Å². The molecule has 1 aliphatic rings. The van der Waals surface area contributed by atoms with Gasteiger partial charge in [0.05, 0.1) is 19.8 Å². The second-order valence-corrected chi connectivity index (χ2v) is 7.70. The minimum absolute atomic E-state index is 0.0403. The highest BCUT2D eigenvalue weighted by atomic mass is 32.2. The van der Waals surface area contributed by atoms with Crippen molar-refractivity contribution in [1.82, 2.24) is 9.55 Å². The van der Waals surface area contributed by atoms with E-state index in [1.54, 1.807) is 30.5 Å². The van der Waals surface area contributed by atoms with E-state index in [0.717, 1.165) is 29.2 Å². The first-order chi connectivity index (χ1) is 14.2. The van der Waals surface area contributed by atoms with Crippen LogP contribution in [-0.2, 0) is 13.0 Å². The van der Waals surface area contributed by atoms with Gasteiger partial charge < -0.3 is 14.2 Å². The van der Waals surface area contributed by atoms with Crippen molar-refractivity contribution < 1.29 is 14.2 Å². The molecule has 0 unspecified atom stereocenters. The number of fused-ring (bicyclic) bond motifs is 1. The molecule has 6 nitrogen and oxygen atoms in total. The molecule has 0 aliphatic carbocycles. The molecule has 7 heteroatoms. The van der Waals surface area contributed by atoms with Gasteiger partial charge in [-0.2, -0.15) is 4.98 Å². The lowest BCUT2D eigenvalue weighted by atomic mass is 10.1. The SMILES string of the molecule is COc1ccc(Cc2c(Oc3ccc(OC)cc3)nc3n(c2=O)CCCS3)cc1. The number of hydrogen-bond donors (Lipinski definition) is 0. The lowest BCUT2D eigenvalue weighted by Crippen LogP contribution is -2.29. The Morgan fingerprint density at radius 2 is 1.59 bits per heavy atom. The molecular formula is C22H22N2O4S. The molecule has 1 aliphatic heterocycles. The highest BCUT2D eigenvalue weighted by molar-refractivity contribution is 7.99. The maximum Gasteiger partial charge on any atom is 0.261 e. The van der Waals surface area contributed by atoms with Gasteiger partial charge >= 0.3 is 0 Å². The Morgan fingerprint density at radius 3 is 2.24 bits per heavy atom. The topological polar surface area (TPSA) is 62.6 Å².